The van der Waals surface area contributed by atoms with E-state index in [1.54, 1.807) is 0 Å². The zero-order valence-electron chi connectivity index (χ0n) is 15.4. The molecule has 4 fully saturated rings. The molecule has 2 N–H and O–H groups in total. The number of hydrogen-bond donors (Lipinski definition) is 2. The van der Waals surface area contributed by atoms with Crippen molar-refractivity contribution < 1.29 is 9.59 Å². The molecule has 26 heavy (non-hydrogen) atoms. The summed E-state index contributed by atoms with van der Waals surface area (Å²) in [5, 5.41) is 6.97. The van der Waals surface area contributed by atoms with Gasteiger partial charge in [-0.25, -0.2) is 0 Å². The Hall–Kier alpha value is -2.04. The topological polar surface area (TPSA) is 61.4 Å². The molecule has 2 aliphatic heterocycles. The number of rotatable bonds is 1. The molecule has 6 rings (SSSR count). The predicted octanol–water partition coefficient (Wildman–Crippen LogP) is 2.99. The number of anilines is 1. The van der Waals surface area contributed by atoms with E-state index in [4.69, 9.17) is 0 Å². The van der Waals surface area contributed by atoms with Crippen molar-refractivity contribution in [2.24, 2.45) is 17.3 Å². The normalized spacial score (nSPS) is 38.0. The Bertz CT molecular complexity index is 772. The van der Waals surface area contributed by atoms with Gasteiger partial charge in [-0.1, -0.05) is 19.1 Å². The van der Waals surface area contributed by atoms with E-state index < -0.39 is 5.66 Å². The van der Waals surface area contributed by atoms with Crippen molar-refractivity contribution >= 4 is 17.5 Å². The maximum Gasteiger partial charge on any atom is 0.255 e. The van der Waals surface area contributed by atoms with Crippen LogP contribution in [0.15, 0.2) is 24.3 Å². The van der Waals surface area contributed by atoms with Gasteiger partial charge in [0, 0.05) is 30.6 Å². The van der Waals surface area contributed by atoms with Gasteiger partial charge in [0.15, 0.2) is 0 Å². The molecule has 5 nitrogen and oxygen atoms in total. The minimum Gasteiger partial charge on any atom is -0.362 e. The molecule has 0 aromatic heterocycles. The Balaban J connectivity index is 1.45. The van der Waals surface area contributed by atoms with Gasteiger partial charge in [-0.3, -0.25) is 9.59 Å². The highest BCUT2D eigenvalue weighted by Gasteiger charge is 2.60. The quantitative estimate of drug-likeness (QED) is 0.816. The van der Waals surface area contributed by atoms with Crippen LogP contribution in [-0.4, -0.2) is 35.5 Å². The van der Waals surface area contributed by atoms with Crippen LogP contribution < -0.4 is 10.6 Å². The second kappa shape index (κ2) is 5.48. The van der Waals surface area contributed by atoms with Gasteiger partial charge >= 0.3 is 0 Å². The minimum absolute atomic E-state index is 0.0120. The number of fused-ring (bicyclic) bond motifs is 3. The van der Waals surface area contributed by atoms with E-state index in [0.29, 0.717) is 11.8 Å². The second-order valence-corrected chi connectivity index (χ2v) is 8.98. The van der Waals surface area contributed by atoms with Crippen molar-refractivity contribution in [2.45, 2.75) is 51.1 Å². The van der Waals surface area contributed by atoms with Crippen LogP contribution in [0.4, 0.5) is 5.69 Å². The molecule has 5 heteroatoms. The molecule has 3 saturated carbocycles. The van der Waals surface area contributed by atoms with E-state index in [9.17, 15) is 9.59 Å². The number of nitrogens with one attached hydrogen (secondary N) is 2. The molecule has 2 amide bonds. The minimum atomic E-state index is -0.403. The zero-order valence-corrected chi connectivity index (χ0v) is 15.4. The highest BCUT2D eigenvalue weighted by atomic mass is 16.2. The summed E-state index contributed by atoms with van der Waals surface area (Å²) in [7, 11) is 0. The molecule has 1 aromatic carbocycles. The number of amides is 2. The van der Waals surface area contributed by atoms with Crippen molar-refractivity contribution in [3.63, 3.8) is 0 Å². The third-order valence-electron chi connectivity index (χ3n) is 7.39. The average Bonchev–Trinajstić information content (AvgIpc) is 3.15. The van der Waals surface area contributed by atoms with Gasteiger partial charge in [-0.05, 0) is 56.1 Å². The Morgan fingerprint density at radius 3 is 2.73 bits per heavy atom. The predicted molar refractivity (Wildman–Crippen MR) is 99.6 cm³/mol. The highest BCUT2D eigenvalue weighted by Crippen LogP contribution is 2.58. The maximum absolute atomic E-state index is 13.1. The smallest absolute Gasteiger partial charge is 0.255 e. The fourth-order valence-electron chi connectivity index (χ4n) is 5.99. The van der Waals surface area contributed by atoms with Crippen LogP contribution in [0.5, 0.6) is 0 Å². The summed E-state index contributed by atoms with van der Waals surface area (Å²) in [6, 6.07) is 7.73. The monoisotopic (exact) mass is 353 g/mol. The lowest BCUT2D eigenvalue weighted by Crippen LogP contribution is -2.70. The first-order valence-electron chi connectivity index (χ1n) is 9.99. The number of hydrogen-bond acceptors (Lipinski definition) is 3. The van der Waals surface area contributed by atoms with Crippen molar-refractivity contribution in [1.29, 1.82) is 0 Å². The number of nitrogens with zero attached hydrogens (tertiary/aromatic N) is 1. The molecule has 0 unspecified atom stereocenters. The zero-order chi connectivity index (χ0) is 17.9. The van der Waals surface area contributed by atoms with Crippen LogP contribution in [0.25, 0.3) is 0 Å². The lowest BCUT2D eigenvalue weighted by Gasteiger charge is -2.61. The van der Waals surface area contributed by atoms with E-state index in [1.165, 1.54) is 0 Å². The highest BCUT2D eigenvalue weighted by molar-refractivity contribution is 6.02. The number of carbonyl (C=O) groups excluding carboxylic acids is 2. The molecule has 2 bridgehead atoms. The van der Waals surface area contributed by atoms with E-state index >= 15 is 0 Å². The van der Waals surface area contributed by atoms with E-state index in [1.807, 2.05) is 24.3 Å². The molecular weight excluding hydrogens is 326 g/mol. The van der Waals surface area contributed by atoms with E-state index in [2.05, 4.69) is 22.5 Å². The number of carbonyl (C=O) groups is 2. The second-order valence-electron chi connectivity index (χ2n) is 8.98. The molecule has 1 spiro atoms. The van der Waals surface area contributed by atoms with Crippen LogP contribution in [0.2, 0.25) is 0 Å². The Labute approximate surface area is 154 Å². The lowest BCUT2D eigenvalue weighted by molar-refractivity contribution is -0.149. The molecule has 2 heterocycles. The summed E-state index contributed by atoms with van der Waals surface area (Å²) in [4.78, 5) is 28.0. The number of likely N-dealkylation sites (tertiary alicyclic amines) is 1. The number of benzene rings is 1. The Kier molecular flexibility index (Phi) is 3.40. The molecule has 1 saturated heterocycles. The van der Waals surface area contributed by atoms with Crippen molar-refractivity contribution in [2.75, 3.05) is 18.4 Å². The van der Waals surface area contributed by atoms with Gasteiger partial charge in [0.25, 0.3) is 5.91 Å². The molecule has 4 atom stereocenters. The summed E-state index contributed by atoms with van der Waals surface area (Å²) in [5.74, 6) is 0.768. The van der Waals surface area contributed by atoms with Crippen molar-refractivity contribution in [1.82, 2.24) is 10.2 Å². The Morgan fingerprint density at radius 2 is 1.96 bits per heavy atom. The molecule has 5 aliphatic rings. The van der Waals surface area contributed by atoms with Gasteiger partial charge < -0.3 is 15.5 Å². The van der Waals surface area contributed by atoms with Crippen LogP contribution in [-0.2, 0) is 4.79 Å². The van der Waals surface area contributed by atoms with Crippen LogP contribution in [0.3, 0.4) is 0 Å². The van der Waals surface area contributed by atoms with Crippen LogP contribution >= 0.6 is 0 Å². The third-order valence-corrected chi connectivity index (χ3v) is 7.39. The first-order valence-corrected chi connectivity index (χ1v) is 9.99. The summed E-state index contributed by atoms with van der Waals surface area (Å²) >= 11 is 0. The largest absolute Gasteiger partial charge is 0.362 e. The first kappa shape index (κ1) is 16.2. The van der Waals surface area contributed by atoms with Crippen molar-refractivity contribution in [3.05, 3.63) is 29.8 Å². The molecule has 0 radical (unpaired) electrons. The Morgan fingerprint density at radius 1 is 1.19 bits per heavy atom. The van der Waals surface area contributed by atoms with Gasteiger partial charge in [-0.15, -0.1) is 0 Å². The molecule has 138 valence electrons. The van der Waals surface area contributed by atoms with Gasteiger partial charge in [0.1, 0.15) is 5.66 Å². The maximum atomic E-state index is 13.1. The van der Waals surface area contributed by atoms with E-state index in [-0.39, 0.29) is 17.2 Å². The summed E-state index contributed by atoms with van der Waals surface area (Å²) in [6.45, 7) is 4.10. The summed E-state index contributed by atoms with van der Waals surface area (Å²) in [5.41, 5.74) is 1.19. The SMILES string of the molecule is C[C@@]12CC[C@@H](C[C@@H]1C(=O)N1CCCC1)[C@@]1(C2)NC(=O)c2ccccc2N1. The summed E-state index contributed by atoms with van der Waals surface area (Å²) in [6.07, 6.45) is 6.11. The average molecular weight is 353 g/mol. The third kappa shape index (κ3) is 2.22. The molecule has 3 aliphatic carbocycles. The van der Waals surface area contributed by atoms with Crippen LogP contribution in [0.1, 0.15) is 55.8 Å². The molecule has 1 aromatic rings. The number of para-hydroxylation sites is 1. The lowest BCUT2D eigenvalue weighted by atomic mass is 9.51. The fourth-order valence-corrected chi connectivity index (χ4v) is 5.99. The van der Waals surface area contributed by atoms with Gasteiger partial charge in [0.05, 0.1) is 5.56 Å². The van der Waals surface area contributed by atoms with Gasteiger partial charge in [0.2, 0.25) is 5.91 Å². The molecular formula is C21H27N3O2. The summed E-state index contributed by atoms with van der Waals surface area (Å²) < 4.78 is 0. The fraction of sp³-hybridized carbons (Fsp3) is 0.619. The van der Waals surface area contributed by atoms with Crippen molar-refractivity contribution in [3.8, 4) is 0 Å². The standard InChI is InChI=1S/C21H27N3O2/c1-20-9-8-14(12-16(20)19(26)24-10-4-5-11-24)21(13-20)22-17-7-3-2-6-15(17)18(25)23-21/h2-3,6-7,14,16,22H,4-5,8-13H2,1H3,(H,23,25)/t14-,16+,20-,21+/m0/s1. The first-order chi connectivity index (χ1) is 12.5. The van der Waals surface area contributed by atoms with Gasteiger partial charge in [-0.2, -0.15) is 0 Å². The van der Waals surface area contributed by atoms with E-state index in [0.717, 1.165) is 62.9 Å². The van der Waals surface area contributed by atoms with Crippen LogP contribution in [0, 0.1) is 17.3 Å².